The summed E-state index contributed by atoms with van der Waals surface area (Å²) in [5.41, 5.74) is 0.959. The molecule has 2 rings (SSSR count). The average molecular weight is 289 g/mol. The summed E-state index contributed by atoms with van der Waals surface area (Å²) in [5, 5.41) is 0.526. The van der Waals surface area contributed by atoms with Crippen LogP contribution >= 0.6 is 24.0 Å². The molecular weight excluding hydrogens is 271 g/mol. The Labute approximate surface area is 119 Å². The number of halogens is 2. The standard InChI is InChI=1S/C13H17ClN2O.ClH/c1-3-4-10-7-12(8-15-13(10)14)17-9-11-5-6-16(11)2;/h3,7-8,11H,1,4-6,9H2,2H3;1H/t11-;/m0./s1. The van der Waals surface area contributed by atoms with Crippen molar-refractivity contribution in [3.8, 4) is 5.75 Å². The number of ether oxygens (including phenoxy) is 1. The van der Waals surface area contributed by atoms with E-state index in [-0.39, 0.29) is 12.4 Å². The summed E-state index contributed by atoms with van der Waals surface area (Å²) in [4.78, 5) is 6.40. The molecule has 0 saturated carbocycles. The van der Waals surface area contributed by atoms with Crippen molar-refractivity contribution < 1.29 is 4.74 Å². The second kappa shape index (κ2) is 6.98. The van der Waals surface area contributed by atoms with Gasteiger partial charge in [0.05, 0.1) is 6.20 Å². The number of likely N-dealkylation sites (N-methyl/N-ethyl adjacent to an activating group) is 1. The van der Waals surface area contributed by atoms with E-state index in [9.17, 15) is 0 Å². The van der Waals surface area contributed by atoms with Gasteiger partial charge in [0.25, 0.3) is 0 Å². The summed E-state index contributed by atoms with van der Waals surface area (Å²) in [5.74, 6) is 0.784. The van der Waals surface area contributed by atoms with Crippen LogP contribution in [0, 0.1) is 0 Å². The maximum atomic E-state index is 5.98. The van der Waals surface area contributed by atoms with Crippen molar-refractivity contribution in [2.75, 3.05) is 20.2 Å². The Balaban J connectivity index is 0.00000162. The number of rotatable bonds is 5. The fourth-order valence-electron chi connectivity index (χ4n) is 1.82. The average Bonchev–Trinajstić information content (AvgIpc) is 2.32. The van der Waals surface area contributed by atoms with Crippen LogP contribution in [0.15, 0.2) is 24.9 Å². The van der Waals surface area contributed by atoms with Gasteiger partial charge >= 0.3 is 0 Å². The van der Waals surface area contributed by atoms with Crippen molar-refractivity contribution in [1.29, 1.82) is 0 Å². The molecule has 0 bridgehead atoms. The molecule has 0 aliphatic carbocycles. The Morgan fingerprint density at radius 1 is 1.67 bits per heavy atom. The van der Waals surface area contributed by atoms with Gasteiger partial charge < -0.3 is 4.74 Å². The largest absolute Gasteiger partial charge is 0.490 e. The normalized spacial score (nSPS) is 18.7. The number of nitrogens with zero attached hydrogens (tertiary/aromatic N) is 2. The van der Waals surface area contributed by atoms with Crippen molar-refractivity contribution in [3.63, 3.8) is 0 Å². The van der Waals surface area contributed by atoms with Gasteiger partial charge in [0, 0.05) is 6.04 Å². The lowest BCUT2D eigenvalue weighted by atomic mass is 10.1. The van der Waals surface area contributed by atoms with Crippen LogP contribution in [0.2, 0.25) is 5.15 Å². The number of likely N-dealkylation sites (tertiary alicyclic amines) is 1. The molecule has 18 heavy (non-hydrogen) atoms. The zero-order valence-corrected chi connectivity index (χ0v) is 12.0. The Morgan fingerprint density at radius 3 is 3.00 bits per heavy atom. The van der Waals surface area contributed by atoms with Crippen LogP contribution < -0.4 is 4.74 Å². The zero-order chi connectivity index (χ0) is 12.3. The molecule has 3 nitrogen and oxygen atoms in total. The molecule has 0 N–H and O–H groups in total. The fourth-order valence-corrected chi connectivity index (χ4v) is 2.00. The quantitative estimate of drug-likeness (QED) is 0.615. The maximum Gasteiger partial charge on any atom is 0.138 e. The third kappa shape index (κ3) is 3.61. The molecule has 2 heterocycles. The van der Waals surface area contributed by atoms with Crippen LogP contribution in [-0.4, -0.2) is 36.1 Å². The smallest absolute Gasteiger partial charge is 0.138 e. The summed E-state index contributed by atoms with van der Waals surface area (Å²) in [6.45, 7) is 5.58. The first-order chi connectivity index (χ1) is 8.20. The van der Waals surface area contributed by atoms with Gasteiger partial charge in [0.15, 0.2) is 0 Å². The first-order valence-electron chi connectivity index (χ1n) is 5.79. The van der Waals surface area contributed by atoms with E-state index in [2.05, 4.69) is 23.5 Å². The van der Waals surface area contributed by atoms with E-state index in [0.717, 1.165) is 17.9 Å². The van der Waals surface area contributed by atoms with Crippen LogP contribution in [0.5, 0.6) is 5.75 Å². The van der Waals surface area contributed by atoms with Gasteiger partial charge in [-0.3, -0.25) is 4.90 Å². The predicted molar refractivity (Wildman–Crippen MR) is 76.9 cm³/mol. The molecule has 1 aliphatic rings. The lowest BCUT2D eigenvalue weighted by Crippen LogP contribution is -2.48. The molecular formula is C13H18Cl2N2O. The van der Waals surface area contributed by atoms with Crippen LogP contribution in [0.4, 0.5) is 0 Å². The Morgan fingerprint density at radius 2 is 2.44 bits per heavy atom. The lowest BCUT2D eigenvalue weighted by molar-refractivity contribution is 0.0767. The Bertz CT molecular complexity index is 412. The zero-order valence-electron chi connectivity index (χ0n) is 10.4. The third-order valence-corrected chi connectivity index (χ3v) is 3.47. The molecule has 0 unspecified atom stereocenters. The van der Waals surface area contributed by atoms with E-state index < -0.39 is 0 Å². The number of allylic oxidation sites excluding steroid dienone is 1. The van der Waals surface area contributed by atoms with E-state index in [1.54, 1.807) is 6.20 Å². The van der Waals surface area contributed by atoms with E-state index in [4.69, 9.17) is 16.3 Å². The molecule has 1 atom stereocenters. The highest BCUT2D eigenvalue weighted by Crippen LogP contribution is 2.21. The van der Waals surface area contributed by atoms with E-state index in [1.807, 2.05) is 12.1 Å². The van der Waals surface area contributed by atoms with Crippen LogP contribution in [-0.2, 0) is 6.42 Å². The molecule has 0 spiro atoms. The van der Waals surface area contributed by atoms with Crippen LogP contribution in [0.1, 0.15) is 12.0 Å². The van der Waals surface area contributed by atoms with E-state index in [0.29, 0.717) is 24.2 Å². The molecule has 0 aromatic carbocycles. The van der Waals surface area contributed by atoms with Crippen molar-refractivity contribution >= 4 is 24.0 Å². The molecule has 1 fully saturated rings. The van der Waals surface area contributed by atoms with Gasteiger partial charge in [-0.1, -0.05) is 17.7 Å². The van der Waals surface area contributed by atoms with Crippen LogP contribution in [0.25, 0.3) is 0 Å². The van der Waals surface area contributed by atoms with Crippen LogP contribution in [0.3, 0.4) is 0 Å². The summed E-state index contributed by atoms with van der Waals surface area (Å²) in [6, 6.07) is 2.48. The molecule has 100 valence electrons. The first-order valence-corrected chi connectivity index (χ1v) is 6.17. The molecule has 1 aliphatic heterocycles. The predicted octanol–water partition coefficient (Wildman–Crippen LogP) is 2.97. The summed E-state index contributed by atoms with van der Waals surface area (Å²) >= 11 is 5.98. The van der Waals surface area contributed by atoms with Crippen molar-refractivity contribution in [2.24, 2.45) is 0 Å². The van der Waals surface area contributed by atoms with Gasteiger partial charge in [0.2, 0.25) is 0 Å². The van der Waals surface area contributed by atoms with Gasteiger partial charge in [-0.25, -0.2) is 4.98 Å². The first kappa shape index (κ1) is 15.3. The Hall–Kier alpha value is -0.770. The van der Waals surface area contributed by atoms with E-state index in [1.165, 1.54) is 6.42 Å². The monoisotopic (exact) mass is 288 g/mol. The molecule has 1 aromatic rings. The second-order valence-corrected chi connectivity index (χ2v) is 4.71. The third-order valence-electron chi connectivity index (χ3n) is 3.13. The topological polar surface area (TPSA) is 25.4 Å². The van der Waals surface area contributed by atoms with E-state index >= 15 is 0 Å². The maximum absolute atomic E-state index is 5.98. The summed E-state index contributed by atoms with van der Waals surface area (Å²) < 4.78 is 5.73. The highest BCUT2D eigenvalue weighted by atomic mass is 35.5. The SMILES string of the molecule is C=CCc1cc(OC[C@@H]2CCN2C)cnc1Cl.Cl. The van der Waals surface area contributed by atoms with Gasteiger partial charge in [0.1, 0.15) is 17.5 Å². The number of pyridine rings is 1. The molecule has 0 amide bonds. The number of hydrogen-bond donors (Lipinski definition) is 0. The minimum atomic E-state index is 0. The van der Waals surface area contributed by atoms with Crippen molar-refractivity contribution in [1.82, 2.24) is 9.88 Å². The van der Waals surface area contributed by atoms with Gasteiger partial charge in [-0.2, -0.15) is 0 Å². The van der Waals surface area contributed by atoms with Crippen molar-refractivity contribution in [3.05, 3.63) is 35.6 Å². The number of aromatic nitrogens is 1. The second-order valence-electron chi connectivity index (χ2n) is 4.35. The molecule has 1 aromatic heterocycles. The molecule has 1 saturated heterocycles. The highest BCUT2D eigenvalue weighted by molar-refractivity contribution is 6.30. The van der Waals surface area contributed by atoms with Crippen molar-refractivity contribution in [2.45, 2.75) is 18.9 Å². The van der Waals surface area contributed by atoms with Gasteiger partial charge in [-0.05, 0) is 38.1 Å². The molecule has 5 heteroatoms. The minimum Gasteiger partial charge on any atom is -0.490 e. The summed E-state index contributed by atoms with van der Waals surface area (Å²) in [6.07, 6.45) is 5.41. The van der Waals surface area contributed by atoms with Gasteiger partial charge in [-0.15, -0.1) is 19.0 Å². The highest BCUT2D eigenvalue weighted by Gasteiger charge is 2.24. The Kier molecular flexibility index (Phi) is 5.93. The number of hydrogen-bond acceptors (Lipinski definition) is 3. The lowest BCUT2D eigenvalue weighted by Gasteiger charge is -2.37. The minimum absolute atomic E-state index is 0. The summed E-state index contributed by atoms with van der Waals surface area (Å²) in [7, 11) is 2.11. The fraction of sp³-hybridized carbons (Fsp3) is 0.462. The molecule has 0 radical (unpaired) electrons.